The van der Waals surface area contributed by atoms with Crippen molar-refractivity contribution in [1.29, 1.82) is 0 Å². The van der Waals surface area contributed by atoms with Gasteiger partial charge in [-0.05, 0) is 62.8 Å². The summed E-state index contributed by atoms with van der Waals surface area (Å²) in [7, 11) is -3.33. The van der Waals surface area contributed by atoms with E-state index in [1.807, 2.05) is 27.8 Å². The summed E-state index contributed by atoms with van der Waals surface area (Å²) in [4.78, 5) is 24.1. The van der Waals surface area contributed by atoms with E-state index in [-0.39, 0.29) is 12.0 Å². The Bertz CT molecular complexity index is 1270. The van der Waals surface area contributed by atoms with E-state index in [0.717, 1.165) is 57.1 Å². The number of sulfone groups is 1. The van der Waals surface area contributed by atoms with Crippen LogP contribution in [-0.4, -0.2) is 59.1 Å². The first-order chi connectivity index (χ1) is 15.9. The molecule has 0 radical (unpaired) electrons. The summed E-state index contributed by atoms with van der Waals surface area (Å²) in [5, 5.41) is 4.11. The van der Waals surface area contributed by atoms with Gasteiger partial charge in [-0.25, -0.2) is 13.4 Å². The van der Waals surface area contributed by atoms with Gasteiger partial charge in [-0.3, -0.25) is 4.79 Å². The molecule has 2 aliphatic rings. The number of nitrogens with one attached hydrogen (secondary N) is 1. The number of rotatable bonds is 5. The first kappa shape index (κ1) is 21.9. The van der Waals surface area contributed by atoms with Gasteiger partial charge < -0.3 is 14.8 Å². The SMILES string of the molecule is CS(=O)(=O)c1cccc2c1ccn2-c1ccnc(N[C@H]2CC[C@H](C(=O)N3CCCC3)CC2)n1. The number of carbonyl (C=O) groups is 1. The summed E-state index contributed by atoms with van der Waals surface area (Å²) in [5.41, 5.74) is 0.781. The average molecular weight is 468 g/mol. The molecule has 1 amide bonds. The van der Waals surface area contributed by atoms with Crippen molar-refractivity contribution in [2.75, 3.05) is 24.7 Å². The van der Waals surface area contributed by atoms with Crippen LogP contribution in [-0.2, 0) is 14.6 Å². The maximum atomic E-state index is 12.7. The third kappa shape index (κ3) is 4.46. The zero-order valence-electron chi connectivity index (χ0n) is 18.8. The molecule has 33 heavy (non-hydrogen) atoms. The molecule has 1 saturated carbocycles. The predicted octanol–water partition coefficient (Wildman–Crippen LogP) is 3.42. The van der Waals surface area contributed by atoms with Crippen LogP contribution in [0.5, 0.6) is 0 Å². The van der Waals surface area contributed by atoms with Crippen LogP contribution in [0.15, 0.2) is 47.6 Å². The van der Waals surface area contributed by atoms with Crippen molar-refractivity contribution in [2.24, 2.45) is 5.92 Å². The van der Waals surface area contributed by atoms with Crippen LogP contribution in [0.4, 0.5) is 5.95 Å². The van der Waals surface area contributed by atoms with E-state index in [4.69, 9.17) is 0 Å². The molecule has 0 unspecified atom stereocenters. The van der Waals surface area contributed by atoms with Crippen LogP contribution < -0.4 is 5.32 Å². The van der Waals surface area contributed by atoms with E-state index in [9.17, 15) is 13.2 Å². The fraction of sp³-hybridized carbons (Fsp3) is 0.458. The lowest BCUT2D eigenvalue weighted by atomic mass is 9.85. The lowest BCUT2D eigenvalue weighted by Crippen LogP contribution is -2.37. The van der Waals surface area contributed by atoms with Gasteiger partial charge in [0.05, 0.1) is 10.4 Å². The van der Waals surface area contributed by atoms with Gasteiger partial charge in [0, 0.05) is 49.1 Å². The quantitative estimate of drug-likeness (QED) is 0.618. The van der Waals surface area contributed by atoms with Crippen molar-refractivity contribution in [3.8, 4) is 5.82 Å². The van der Waals surface area contributed by atoms with E-state index in [1.54, 1.807) is 24.4 Å². The van der Waals surface area contributed by atoms with Gasteiger partial charge >= 0.3 is 0 Å². The molecule has 1 aliphatic carbocycles. The molecule has 9 heteroatoms. The second-order valence-electron chi connectivity index (χ2n) is 9.11. The number of aromatic nitrogens is 3. The maximum absolute atomic E-state index is 12.7. The average Bonchev–Trinajstić information content (AvgIpc) is 3.49. The minimum absolute atomic E-state index is 0.142. The molecule has 2 aromatic heterocycles. The van der Waals surface area contributed by atoms with Crippen molar-refractivity contribution in [2.45, 2.75) is 49.5 Å². The number of anilines is 1. The maximum Gasteiger partial charge on any atom is 0.225 e. The monoisotopic (exact) mass is 467 g/mol. The van der Waals surface area contributed by atoms with Crippen LogP contribution in [0.25, 0.3) is 16.7 Å². The highest BCUT2D eigenvalue weighted by atomic mass is 32.2. The first-order valence-electron chi connectivity index (χ1n) is 11.6. The minimum Gasteiger partial charge on any atom is -0.351 e. The molecule has 0 atom stereocenters. The fourth-order valence-corrected chi connectivity index (χ4v) is 5.98. The molecule has 1 N–H and O–H groups in total. The van der Waals surface area contributed by atoms with Gasteiger partial charge in [-0.15, -0.1) is 0 Å². The van der Waals surface area contributed by atoms with Gasteiger partial charge in [0.2, 0.25) is 11.9 Å². The molecule has 1 aliphatic heterocycles. The van der Waals surface area contributed by atoms with Gasteiger partial charge in [-0.1, -0.05) is 6.07 Å². The Morgan fingerprint density at radius 3 is 2.55 bits per heavy atom. The normalized spacial score (nSPS) is 21.4. The Morgan fingerprint density at radius 2 is 1.82 bits per heavy atom. The van der Waals surface area contributed by atoms with Gasteiger partial charge in [-0.2, -0.15) is 4.98 Å². The zero-order valence-corrected chi connectivity index (χ0v) is 19.6. The third-order valence-electron chi connectivity index (χ3n) is 6.81. The molecule has 5 rings (SSSR count). The van der Waals surface area contributed by atoms with Crippen LogP contribution >= 0.6 is 0 Å². The molecule has 3 aromatic rings. The summed E-state index contributed by atoms with van der Waals surface area (Å²) >= 11 is 0. The molecular weight excluding hydrogens is 438 g/mol. The smallest absolute Gasteiger partial charge is 0.225 e. The molecule has 2 fully saturated rings. The number of likely N-dealkylation sites (tertiary alicyclic amines) is 1. The first-order valence-corrected chi connectivity index (χ1v) is 13.5. The molecule has 0 spiro atoms. The highest BCUT2D eigenvalue weighted by Gasteiger charge is 2.30. The van der Waals surface area contributed by atoms with E-state index in [0.29, 0.717) is 28.0 Å². The Hall–Kier alpha value is -2.94. The lowest BCUT2D eigenvalue weighted by Gasteiger charge is -2.30. The van der Waals surface area contributed by atoms with Crippen LogP contribution in [0.3, 0.4) is 0 Å². The van der Waals surface area contributed by atoms with Gasteiger partial charge in [0.1, 0.15) is 5.82 Å². The lowest BCUT2D eigenvalue weighted by molar-refractivity contribution is -0.135. The summed E-state index contributed by atoms with van der Waals surface area (Å²) in [5.74, 6) is 1.69. The number of hydrogen-bond donors (Lipinski definition) is 1. The van der Waals surface area contributed by atoms with Crippen molar-refractivity contribution in [1.82, 2.24) is 19.4 Å². The summed E-state index contributed by atoms with van der Waals surface area (Å²) < 4.78 is 26.2. The number of hydrogen-bond acceptors (Lipinski definition) is 6. The van der Waals surface area contributed by atoms with Gasteiger partial charge in [0.25, 0.3) is 0 Å². The standard InChI is InChI=1S/C24H29N5O3S/c1-33(31,32)21-6-4-5-20-19(21)12-16-29(20)22-11-13-25-24(27-22)26-18-9-7-17(8-10-18)23(30)28-14-2-3-15-28/h4-6,11-13,16-18H,2-3,7-10,14-15H2,1H3,(H,25,26,27)/t17-,18-. The third-order valence-corrected chi connectivity index (χ3v) is 7.96. The molecule has 1 aromatic carbocycles. The van der Waals surface area contributed by atoms with Gasteiger partial charge in [0.15, 0.2) is 9.84 Å². The Morgan fingerprint density at radius 1 is 1.06 bits per heavy atom. The van der Waals surface area contributed by atoms with Crippen LogP contribution in [0.1, 0.15) is 38.5 Å². The second kappa shape index (κ2) is 8.78. The zero-order chi connectivity index (χ0) is 23.0. The largest absolute Gasteiger partial charge is 0.351 e. The Labute approximate surface area is 193 Å². The predicted molar refractivity (Wildman–Crippen MR) is 127 cm³/mol. The van der Waals surface area contributed by atoms with Crippen LogP contribution in [0.2, 0.25) is 0 Å². The highest BCUT2D eigenvalue weighted by molar-refractivity contribution is 7.91. The topological polar surface area (TPSA) is 97.2 Å². The molecule has 174 valence electrons. The minimum atomic E-state index is -3.33. The fourth-order valence-electron chi connectivity index (χ4n) is 5.08. The van der Waals surface area contributed by atoms with E-state index < -0.39 is 9.84 Å². The van der Waals surface area contributed by atoms with Crippen molar-refractivity contribution in [3.63, 3.8) is 0 Å². The summed E-state index contributed by atoms with van der Waals surface area (Å²) in [6.07, 6.45) is 10.6. The van der Waals surface area contributed by atoms with E-state index >= 15 is 0 Å². The van der Waals surface area contributed by atoms with Crippen LogP contribution in [0, 0.1) is 5.92 Å². The summed E-state index contributed by atoms with van der Waals surface area (Å²) in [6.45, 7) is 1.83. The molecule has 1 saturated heterocycles. The highest BCUT2D eigenvalue weighted by Crippen LogP contribution is 2.29. The molecule has 0 bridgehead atoms. The molecular formula is C24H29N5O3S. The van der Waals surface area contributed by atoms with Crippen molar-refractivity contribution < 1.29 is 13.2 Å². The number of carbonyl (C=O) groups excluding carboxylic acids is 1. The van der Waals surface area contributed by atoms with E-state index in [2.05, 4.69) is 15.3 Å². The Balaban J connectivity index is 1.29. The molecule has 8 nitrogen and oxygen atoms in total. The molecule has 3 heterocycles. The summed E-state index contributed by atoms with van der Waals surface area (Å²) in [6, 6.07) is 9.11. The number of nitrogens with zero attached hydrogens (tertiary/aromatic N) is 4. The number of amides is 1. The number of benzene rings is 1. The second-order valence-corrected chi connectivity index (χ2v) is 11.1. The number of fused-ring (bicyclic) bond motifs is 1. The Kier molecular flexibility index (Phi) is 5.82. The van der Waals surface area contributed by atoms with Crippen molar-refractivity contribution in [3.05, 3.63) is 42.7 Å². The van der Waals surface area contributed by atoms with E-state index in [1.165, 1.54) is 6.26 Å². The van der Waals surface area contributed by atoms with Crippen molar-refractivity contribution >= 4 is 32.6 Å².